The maximum atomic E-state index is 15.7. The minimum absolute atomic E-state index is 0.0164. The number of fused-ring (bicyclic) bond motifs is 1. The highest BCUT2D eigenvalue weighted by Gasteiger charge is 2.72. The van der Waals surface area contributed by atoms with Crippen LogP contribution in [0.3, 0.4) is 0 Å². The van der Waals surface area contributed by atoms with E-state index in [1.165, 1.54) is 35.5 Å². The first-order valence-corrected chi connectivity index (χ1v) is 19.6. The number of carboxylic acid groups (broad SMARTS) is 1. The molecule has 2 aromatic rings. The van der Waals surface area contributed by atoms with E-state index in [4.69, 9.17) is 25.6 Å². The molecule has 1 aliphatic heterocycles. The number of halogens is 2. The molecule has 47 heavy (non-hydrogen) atoms. The van der Waals surface area contributed by atoms with E-state index in [0.29, 0.717) is 6.61 Å². The molecule has 2 heterocycles. The lowest BCUT2D eigenvalue weighted by Crippen LogP contribution is -2.47. The number of hydrogen-bond donors (Lipinski definition) is 1. The van der Waals surface area contributed by atoms with Crippen molar-refractivity contribution < 1.29 is 37.7 Å². The Hall–Kier alpha value is -3.80. The van der Waals surface area contributed by atoms with E-state index in [-0.39, 0.29) is 47.6 Å². The number of aliphatic imine (C=N–C) groups is 1. The van der Waals surface area contributed by atoms with Crippen molar-refractivity contribution in [3.8, 4) is 18.2 Å². The second-order valence-corrected chi connectivity index (χ2v) is 20.7. The zero-order valence-corrected chi connectivity index (χ0v) is 29.4. The highest BCUT2D eigenvalue weighted by Crippen LogP contribution is 2.66. The number of rotatable bonds is 11. The average molecular weight is 687 g/mol. The van der Waals surface area contributed by atoms with Crippen molar-refractivity contribution in [2.75, 3.05) is 19.9 Å². The lowest BCUT2D eigenvalue weighted by atomic mass is 9.84. The molecule has 0 saturated heterocycles. The molecule has 1 amide bonds. The Bertz CT molecular complexity index is 1620. The first-order chi connectivity index (χ1) is 21.9. The molecule has 1 N–H and O–H groups in total. The van der Waals surface area contributed by atoms with Gasteiger partial charge in [-0.05, 0) is 63.9 Å². The van der Waals surface area contributed by atoms with Crippen LogP contribution in [0.15, 0.2) is 35.6 Å². The minimum Gasteiger partial charge on any atom is -0.480 e. The fourth-order valence-electron chi connectivity index (χ4n) is 5.02. The fraction of sp³-hybridized carbons (Fsp3) is 0.485. The number of carbonyl (C=O) groups is 2. The Balaban J connectivity index is 1.73. The van der Waals surface area contributed by atoms with Gasteiger partial charge in [0.2, 0.25) is 5.88 Å². The van der Waals surface area contributed by atoms with Gasteiger partial charge in [-0.1, -0.05) is 43.4 Å². The Labute approximate surface area is 279 Å². The maximum Gasteiger partial charge on any atom is 0.418 e. The van der Waals surface area contributed by atoms with E-state index in [1.54, 1.807) is 27.7 Å². The number of amidine groups is 1. The zero-order valence-electron chi connectivity index (χ0n) is 27.6. The molecule has 0 spiro atoms. The normalized spacial score (nSPS) is 22.4. The lowest BCUT2D eigenvalue weighted by Gasteiger charge is -2.37. The number of ether oxygens (including phenoxy) is 3. The van der Waals surface area contributed by atoms with Crippen LogP contribution in [0.1, 0.15) is 50.9 Å². The molecule has 0 bridgehead atoms. The molecule has 3 atom stereocenters. The van der Waals surface area contributed by atoms with E-state index in [0.717, 1.165) is 23.9 Å². The first-order valence-electron chi connectivity index (χ1n) is 15.0. The summed E-state index contributed by atoms with van der Waals surface area (Å²) in [5.74, 6) is -0.691. The molecule has 1 aliphatic carbocycles. The van der Waals surface area contributed by atoms with Crippen molar-refractivity contribution in [3.05, 3.63) is 53.2 Å². The Morgan fingerprint density at radius 2 is 1.98 bits per heavy atom. The summed E-state index contributed by atoms with van der Waals surface area (Å²) in [5.41, 5.74) is -2.04. The van der Waals surface area contributed by atoms with E-state index >= 15 is 8.78 Å². The molecule has 0 radical (unpaired) electrons. The van der Waals surface area contributed by atoms with Crippen LogP contribution in [0, 0.1) is 24.1 Å². The highest BCUT2D eigenvalue weighted by atomic mass is 32.2. The standard InChI is InChI=1S/C33H40F2N4O6SSi/c1-9-12-44-27-19-36-25(18-37-27)24(35)16-21-10-11-23(34)22(15-21)32(5)26-17-33(26,28(40)41)46-29(38-32)39(30(42)45-31(2,3)4)20-43-13-14-47(6,7)8/h1,10-11,15-16,18-19,26H,12-14,17,20H2,2-8H3,(H,40,41)/b24-16-/t26-,32+,33-/m0/s1. The summed E-state index contributed by atoms with van der Waals surface area (Å²) in [5, 5.41) is 10.4. The number of terminal acetylenes is 1. The van der Waals surface area contributed by atoms with E-state index < -0.39 is 53.6 Å². The third kappa shape index (κ3) is 8.57. The number of aliphatic carboxylic acids is 1. The number of aromatic nitrogens is 2. The number of thioether (sulfide) groups is 1. The predicted molar refractivity (Wildman–Crippen MR) is 180 cm³/mol. The van der Waals surface area contributed by atoms with Gasteiger partial charge in [-0.25, -0.2) is 28.4 Å². The monoisotopic (exact) mass is 686 g/mol. The van der Waals surface area contributed by atoms with Gasteiger partial charge in [0.1, 0.15) is 28.6 Å². The molecule has 14 heteroatoms. The summed E-state index contributed by atoms with van der Waals surface area (Å²) in [6.45, 7) is 13.5. The number of carbonyl (C=O) groups excluding carboxylic acids is 1. The molecule has 10 nitrogen and oxygen atoms in total. The third-order valence-electron chi connectivity index (χ3n) is 7.62. The summed E-state index contributed by atoms with van der Waals surface area (Å²) in [6.07, 6.45) is 8.15. The molecule has 1 fully saturated rings. The molecule has 1 aromatic heterocycles. The van der Waals surface area contributed by atoms with Gasteiger partial charge in [0.25, 0.3) is 0 Å². The molecule has 4 rings (SSSR count). The third-order valence-corrected chi connectivity index (χ3v) is 10.8. The average Bonchev–Trinajstić information content (AvgIpc) is 3.73. The summed E-state index contributed by atoms with van der Waals surface area (Å²) >= 11 is 0.936. The molecule has 2 aliphatic rings. The Morgan fingerprint density at radius 1 is 1.26 bits per heavy atom. The SMILES string of the molecule is C#CCOc1cnc(/C(F)=C/c2ccc(F)c([C@@]3(C)N=C(N(COCC[Si](C)(C)C)C(=O)OC(C)(C)C)S[C@@]4(C(=O)O)C[C@H]43)c2)cn1. The largest absolute Gasteiger partial charge is 0.480 e. The van der Waals surface area contributed by atoms with Crippen molar-refractivity contribution in [2.45, 2.75) is 75.7 Å². The zero-order chi connectivity index (χ0) is 34.8. The molecule has 252 valence electrons. The van der Waals surface area contributed by atoms with Crippen LogP contribution < -0.4 is 4.74 Å². The highest BCUT2D eigenvalue weighted by molar-refractivity contribution is 8.15. The van der Waals surface area contributed by atoms with Crippen molar-refractivity contribution in [1.82, 2.24) is 14.9 Å². The summed E-state index contributed by atoms with van der Waals surface area (Å²) in [7, 11) is -1.45. The lowest BCUT2D eigenvalue weighted by molar-refractivity contribution is -0.137. The Kier molecular flexibility index (Phi) is 10.5. The van der Waals surface area contributed by atoms with Gasteiger partial charge in [0, 0.05) is 26.2 Å². The van der Waals surface area contributed by atoms with Crippen molar-refractivity contribution >= 4 is 49.0 Å². The quantitative estimate of drug-likeness (QED) is 0.118. The van der Waals surface area contributed by atoms with Crippen molar-refractivity contribution in [3.63, 3.8) is 0 Å². The van der Waals surface area contributed by atoms with E-state index in [2.05, 4.69) is 35.5 Å². The summed E-state index contributed by atoms with van der Waals surface area (Å²) in [6, 6.07) is 4.83. The van der Waals surface area contributed by atoms with Gasteiger partial charge in [0.05, 0.1) is 17.9 Å². The number of carboxylic acids is 1. The van der Waals surface area contributed by atoms with E-state index in [9.17, 15) is 14.7 Å². The van der Waals surface area contributed by atoms with Crippen LogP contribution in [0.4, 0.5) is 13.6 Å². The van der Waals surface area contributed by atoms with E-state index in [1.807, 2.05) is 0 Å². The smallest absolute Gasteiger partial charge is 0.418 e. The molecule has 0 unspecified atom stereocenters. The number of benzene rings is 1. The van der Waals surface area contributed by atoms with Gasteiger partial charge in [-0.2, -0.15) is 0 Å². The topological polar surface area (TPSA) is 123 Å². The van der Waals surface area contributed by atoms with Crippen LogP contribution in [-0.2, 0) is 19.8 Å². The molecular formula is C33H40F2N4O6SSi. The first kappa shape index (κ1) is 36.0. The van der Waals surface area contributed by atoms with Gasteiger partial charge in [0.15, 0.2) is 17.6 Å². The second-order valence-electron chi connectivity index (χ2n) is 13.8. The number of nitrogens with zero attached hydrogens (tertiary/aromatic N) is 4. The summed E-state index contributed by atoms with van der Waals surface area (Å²) in [4.78, 5) is 40.2. The van der Waals surface area contributed by atoms with Gasteiger partial charge in [-0.3, -0.25) is 9.79 Å². The number of hydrogen-bond acceptors (Lipinski definition) is 9. The summed E-state index contributed by atoms with van der Waals surface area (Å²) < 4.78 is 46.3. The molecular weight excluding hydrogens is 647 g/mol. The van der Waals surface area contributed by atoms with Crippen LogP contribution in [-0.4, -0.2) is 75.6 Å². The molecule has 1 saturated carbocycles. The van der Waals surface area contributed by atoms with Crippen LogP contribution in [0.2, 0.25) is 25.7 Å². The van der Waals surface area contributed by atoms with Gasteiger partial charge < -0.3 is 19.3 Å². The van der Waals surface area contributed by atoms with Crippen LogP contribution >= 0.6 is 11.8 Å². The molecule has 1 aromatic carbocycles. The number of amides is 1. The van der Waals surface area contributed by atoms with Crippen molar-refractivity contribution in [2.24, 2.45) is 10.9 Å². The van der Waals surface area contributed by atoms with Crippen molar-refractivity contribution in [1.29, 1.82) is 0 Å². The van der Waals surface area contributed by atoms with Gasteiger partial charge >= 0.3 is 12.1 Å². The second kappa shape index (κ2) is 13.7. The Morgan fingerprint density at radius 3 is 2.57 bits per heavy atom. The predicted octanol–water partition coefficient (Wildman–Crippen LogP) is 6.81. The fourth-order valence-corrected chi connectivity index (χ4v) is 7.29. The maximum absolute atomic E-state index is 15.7. The van der Waals surface area contributed by atoms with Crippen LogP contribution in [0.25, 0.3) is 11.9 Å². The van der Waals surface area contributed by atoms with Crippen LogP contribution in [0.5, 0.6) is 5.88 Å². The van der Waals surface area contributed by atoms with Gasteiger partial charge in [-0.15, -0.1) is 6.42 Å². The minimum atomic E-state index is -1.45.